The minimum atomic E-state index is -0.332. The zero-order chi connectivity index (χ0) is 21.2. The van der Waals surface area contributed by atoms with Crippen LogP contribution in [0.4, 0.5) is 4.39 Å². The van der Waals surface area contributed by atoms with Crippen molar-refractivity contribution in [1.82, 2.24) is 10.2 Å². The van der Waals surface area contributed by atoms with E-state index in [-0.39, 0.29) is 24.1 Å². The molecule has 2 aliphatic rings. The SMILES string of the molecule is CCC(CNC(=NC)N1CCC(OCC2CCCCO2)CC1)Oc1ccccc1F. The van der Waals surface area contributed by atoms with Gasteiger partial charge in [-0.2, -0.15) is 0 Å². The molecule has 0 aliphatic carbocycles. The van der Waals surface area contributed by atoms with Crippen LogP contribution in [0.15, 0.2) is 29.3 Å². The first-order valence-corrected chi connectivity index (χ1v) is 11.3. The molecule has 0 saturated carbocycles. The molecule has 0 amide bonds. The Morgan fingerprint density at radius 2 is 2.07 bits per heavy atom. The van der Waals surface area contributed by atoms with Gasteiger partial charge in [0.25, 0.3) is 0 Å². The van der Waals surface area contributed by atoms with E-state index in [1.165, 1.54) is 18.9 Å². The van der Waals surface area contributed by atoms with E-state index in [9.17, 15) is 4.39 Å². The molecule has 1 aromatic carbocycles. The lowest BCUT2D eigenvalue weighted by Crippen LogP contribution is -2.49. The third-order valence-corrected chi connectivity index (χ3v) is 5.82. The van der Waals surface area contributed by atoms with Crippen LogP contribution in [0.3, 0.4) is 0 Å². The summed E-state index contributed by atoms with van der Waals surface area (Å²) in [5.74, 6) is 0.821. The summed E-state index contributed by atoms with van der Waals surface area (Å²) in [5, 5.41) is 3.40. The molecule has 2 saturated heterocycles. The number of para-hydroxylation sites is 1. The number of nitrogens with zero attached hydrogens (tertiary/aromatic N) is 2. The van der Waals surface area contributed by atoms with Crippen LogP contribution in [-0.4, -0.2) is 69.1 Å². The first-order chi connectivity index (χ1) is 14.7. The molecule has 2 fully saturated rings. The number of benzene rings is 1. The number of nitrogens with one attached hydrogen (secondary N) is 1. The number of ether oxygens (including phenoxy) is 3. The molecular formula is C23H36FN3O3. The predicted octanol–water partition coefficient (Wildman–Crippen LogP) is 3.61. The van der Waals surface area contributed by atoms with Crippen LogP contribution in [0.25, 0.3) is 0 Å². The Hall–Kier alpha value is -1.86. The van der Waals surface area contributed by atoms with E-state index in [0.717, 1.165) is 51.3 Å². The highest BCUT2D eigenvalue weighted by atomic mass is 19.1. The van der Waals surface area contributed by atoms with Gasteiger partial charge in [-0.05, 0) is 50.7 Å². The van der Waals surface area contributed by atoms with Crippen molar-refractivity contribution in [2.45, 2.75) is 63.8 Å². The lowest BCUT2D eigenvalue weighted by atomic mass is 10.1. The quantitative estimate of drug-likeness (QED) is 0.513. The van der Waals surface area contributed by atoms with Crippen LogP contribution in [0, 0.1) is 5.82 Å². The predicted molar refractivity (Wildman–Crippen MR) is 117 cm³/mol. The summed E-state index contributed by atoms with van der Waals surface area (Å²) in [5.41, 5.74) is 0. The Kier molecular flexibility index (Phi) is 9.21. The van der Waals surface area contributed by atoms with Gasteiger partial charge in [0.15, 0.2) is 17.5 Å². The Bertz CT molecular complexity index is 659. The molecule has 3 rings (SSSR count). The second-order valence-corrected chi connectivity index (χ2v) is 8.01. The summed E-state index contributed by atoms with van der Waals surface area (Å²) >= 11 is 0. The maximum atomic E-state index is 13.9. The highest BCUT2D eigenvalue weighted by molar-refractivity contribution is 5.80. The van der Waals surface area contributed by atoms with Gasteiger partial charge >= 0.3 is 0 Å². The lowest BCUT2D eigenvalue weighted by Gasteiger charge is -2.35. The van der Waals surface area contributed by atoms with Gasteiger partial charge < -0.3 is 24.4 Å². The zero-order valence-electron chi connectivity index (χ0n) is 18.3. The van der Waals surface area contributed by atoms with Crippen LogP contribution in [0.1, 0.15) is 45.4 Å². The van der Waals surface area contributed by atoms with Gasteiger partial charge in [0.05, 0.1) is 25.4 Å². The van der Waals surface area contributed by atoms with E-state index < -0.39 is 0 Å². The molecule has 6 nitrogen and oxygen atoms in total. The molecule has 1 N–H and O–H groups in total. The van der Waals surface area contributed by atoms with E-state index in [1.807, 2.05) is 6.92 Å². The number of piperidine rings is 1. The van der Waals surface area contributed by atoms with Crippen molar-refractivity contribution in [2.24, 2.45) is 4.99 Å². The molecule has 2 atom stereocenters. The van der Waals surface area contributed by atoms with Gasteiger partial charge in [0.1, 0.15) is 6.10 Å². The molecule has 2 heterocycles. The van der Waals surface area contributed by atoms with E-state index >= 15 is 0 Å². The monoisotopic (exact) mass is 421 g/mol. The van der Waals surface area contributed by atoms with Crippen LogP contribution in [0.2, 0.25) is 0 Å². The molecule has 0 spiro atoms. The van der Waals surface area contributed by atoms with Gasteiger partial charge in [0.2, 0.25) is 0 Å². The van der Waals surface area contributed by atoms with Crippen LogP contribution in [-0.2, 0) is 9.47 Å². The number of aliphatic imine (C=N–C) groups is 1. The number of likely N-dealkylation sites (tertiary alicyclic amines) is 1. The van der Waals surface area contributed by atoms with Gasteiger partial charge in [-0.25, -0.2) is 4.39 Å². The van der Waals surface area contributed by atoms with Gasteiger partial charge in [-0.15, -0.1) is 0 Å². The third kappa shape index (κ3) is 6.84. The fourth-order valence-electron chi connectivity index (χ4n) is 3.94. The Balaban J connectivity index is 1.40. The minimum Gasteiger partial charge on any atom is -0.486 e. The fourth-order valence-corrected chi connectivity index (χ4v) is 3.94. The number of hydrogen-bond donors (Lipinski definition) is 1. The third-order valence-electron chi connectivity index (χ3n) is 5.82. The summed E-state index contributed by atoms with van der Waals surface area (Å²) in [6, 6.07) is 6.53. The molecule has 1 aromatic rings. The van der Waals surface area contributed by atoms with E-state index in [0.29, 0.717) is 18.9 Å². The number of rotatable bonds is 8. The summed E-state index contributed by atoms with van der Waals surface area (Å²) in [4.78, 5) is 6.68. The standard InChI is InChI=1S/C23H36FN3O3/c1-3-18(30-22-10-5-4-9-21(22)24)16-26-23(25-2)27-13-11-19(12-14-27)29-17-20-8-6-7-15-28-20/h4-5,9-10,18-20H,3,6-8,11-17H2,1-2H3,(H,25,26). The topological polar surface area (TPSA) is 55.3 Å². The van der Waals surface area contributed by atoms with Gasteiger partial charge in [-0.1, -0.05) is 19.1 Å². The van der Waals surface area contributed by atoms with Crippen molar-refractivity contribution in [3.63, 3.8) is 0 Å². The van der Waals surface area contributed by atoms with Crippen molar-refractivity contribution < 1.29 is 18.6 Å². The first kappa shape index (κ1) is 22.8. The second-order valence-electron chi connectivity index (χ2n) is 8.01. The summed E-state index contributed by atoms with van der Waals surface area (Å²) in [7, 11) is 1.80. The molecule has 2 aliphatic heterocycles. The van der Waals surface area contributed by atoms with Gasteiger partial charge in [-0.3, -0.25) is 4.99 Å². The molecule has 0 aromatic heterocycles. The maximum Gasteiger partial charge on any atom is 0.193 e. The van der Waals surface area contributed by atoms with Crippen LogP contribution in [0.5, 0.6) is 5.75 Å². The number of halogens is 1. The van der Waals surface area contributed by atoms with Crippen molar-refractivity contribution in [2.75, 3.05) is 39.9 Å². The van der Waals surface area contributed by atoms with Crippen LogP contribution >= 0.6 is 0 Å². The smallest absolute Gasteiger partial charge is 0.193 e. The summed E-state index contributed by atoms with van der Waals surface area (Å²) in [6.45, 7) is 6.00. The van der Waals surface area contributed by atoms with Crippen LogP contribution < -0.4 is 10.1 Å². The van der Waals surface area contributed by atoms with Crippen molar-refractivity contribution in [1.29, 1.82) is 0 Å². The van der Waals surface area contributed by atoms with Crippen molar-refractivity contribution >= 4 is 5.96 Å². The highest BCUT2D eigenvalue weighted by Gasteiger charge is 2.24. The average molecular weight is 422 g/mol. The van der Waals surface area contributed by atoms with Crippen molar-refractivity contribution in [3.05, 3.63) is 30.1 Å². The summed E-state index contributed by atoms with van der Waals surface area (Å²) in [6.07, 6.45) is 6.70. The Labute approximate surface area is 179 Å². The number of hydrogen-bond acceptors (Lipinski definition) is 4. The Morgan fingerprint density at radius 3 is 2.73 bits per heavy atom. The summed E-state index contributed by atoms with van der Waals surface area (Å²) < 4.78 is 31.6. The number of guanidine groups is 1. The molecule has 168 valence electrons. The molecule has 0 bridgehead atoms. The molecular weight excluding hydrogens is 385 g/mol. The van der Waals surface area contributed by atoms with E-state index in [4.69, 9.17) is 14.2 Å². The molecule has 2 unspecified atom stereocenters. The minimum absolute atomic E-state index is 0.130. The Morgan fingerprint density at radius 1 is 1.27 bits per heavy atom. The second kappa shape index (κ2) is 12.1. The average Bonchev–Trinajstić information content (AvgIpc) is 2.80. The molecule has 30 heavy (non-hydrogen) atoms. The van der Waals surface area contributed by atoms with E-state index in [1.54, 1.807) is 25.2 Å². The fraction of sp³-hybridized carbons (Fsp3) is 0.696. The highest BCUT2D eigenvalue weighted by Crippen LogP contribution is 2.19. The molecule has 7 heteroatoms. The van der Waals surface area contributed by atoms with E-state index in [2.05, 4.69) is 15.2 Å². The normalized spacial score (nSPS) is 22.0. The first-order valence-electron chi connectivity index (χ1n) is 11.3. The maximum absolute atomic E-state index is 13.9. The lowest BCUT2D eigenvalue weighted by molar-refractivity contribution is -0.0721. The van der Waals surface area contributed by atoms with Crippen molar-refractivity contribution in [3.8, 4) is 5.75 Å². The zero-order valence-corrected chi connectivity index (χ0v) is 18.3. The van der Waals surface area contributed by atoms with Gasteiger partial charge in [0, 0.05) is 26.7 Å². The molecule has 0 radical (unpaired) electrons. The largest absolute Gasteiger partial charge is 0.486 e.